The third-order valence-corrected chi connectivity index (χ3v) is 6.97. The van der Waals surface area contributed by atoms with Gasteiger partial charge in [0.25, 0.3) is 0 Å². The van der Waals surface area contributed by atoms with Crippen LogP contribution in [-0.2, 0) is 4.74 Å². The first-order valence-corrected chi connectivity index (χ1v) is 12.8. The van der Waals surface area contributed by atoms with Crippen LogP contribution in [0.5, 0.6) is 0 Å². The molecule has 204 valence electrons. The maximum Gasteiger partial charge on any atom is 1.00 e. The molecule has 0 radical (unpaired) electrons. The smallest absolute Gasteiger partial charge is 0.870 e. The van der Waals surface area contributed by atoms with Crippen molar-refractivity contribution in [2.24, 2.45) is 11.8 Å². The molecule has 0 saturated carbocycles. The van der Waals surface area contributed by atoms with Crippen molar-refractivity contribution in [1.82, 2.24) is 0 Å². The van der Waals surface area contributed by atoms with Crippen molar-refractivity contribution in [3.05, 3.63) is 59.7 Å². The van der Waals surface area contributed by atoms with Crippen molar-refractivity contribution < 1.29 is 64.7 Å². The van der Waals surface area contributed by atoms with Gasteiger partial charge in [-0.3, -0.25) is 0 Å². The minimum absolute atomic E-state index is 0. The molecule has 2 aromatic carbocycles. The number of carboxylic acid groups (broad SMARTS) is 1. The summed E-state index contributed by atoms with van der Waals surface area (Å²) >= 11 is 0. The molecule has 2 fully saturated rings. The molecule has 0 aliphatic carbocycles. The number of carbonyl (C=O) groups excluding carboxylic acids is 1. The van der Waals surface area contributed by atoms with Crippen molar-refractivity contribution in [3.63, 3.8) is 0 Å². The second kappa shape index (κ2) is 17.4. The van der Waals surface area contributed by atoms with Crippen LogP contribution < -0.4 is 39.4 Å². The van der Waals surface area contributed by atoms with E-state index in [9.17, 15) is 9.59 Å². The van der Waals surface area contributed by atoms with Gasteiger partial charge in [-0.25, -0.2) is 9.59 Å². The molecule has 2 heterocycles. The van der Waals surface area contributed by atoms with Crippen molar-refractivity contribution in [2.45, 2.75) is 32.6 Å². The molecule has 2 aliphatic rings. The molecule has 10 heteroatoms. The van der Waals surface area contributed by atoms with Crippen LogP contribution in [0.3, 0.4) is 0 Å². The fourth-order valence-corrected chi connectivity index (χ4v) is 4.59. The third kappa shape index (κ3) is 9.87. The molecule has 0 atom stereocenters. The SMILES string of the molecule is CCOC(=O)c1ccc(N2CCC(CO)CC2)cc1.O=C(O)c1ccc(N2CCC(CO)CC2)cc1.[Na+].[OH-]. The van der Waals surface area contributed by atoms with E-state index in [1.807, 2.05) is 36.4 Å². The van der Waals surface area contributed by atoms with Crippen molar-refractivity contribution in [3.8, 4) is 0 Å². The van der Waals surface area contributed by atoms with E-state index in [0.717, 1.165) is 63.2 Å². The van der Waals surface area contributed by atoms with Crippen LogP contribution in [-0.4, -0.2) is 78.7 Å². The number of carboxylic acids is 1. The zero-order valence-electron chi connectivity index (χ0n) is 22.5. The van der Waals surface area contributed by atoms with Crippen molar-refractivity contribution >= 4 is 23.3 Å². The number of anilines is 2. The normalized spacial score (nSPS) is 15.9. The summed E-state index contributed by atoms with van der Waals surface area (Å²) in [5, 5.41) is 27.0. The maximum absolute atomic E-state index is 11.6. The maximum atomic E-state index is 11.6. The first kappa shape index (κ1) is 33.9. The Kier molecular flexibility index (Phi) is 15.6. The number of ether oxygens (including phenoxy) is 1. The summed E-state index contributed by atoms with van der Waals surface area (Å²) in [6, 6.07) is 14.5. The number of benzene rings is 2. The Morgan fingerprint density at radius 1 is 0.763 bits per heavy atom. The van der Waals surface area contributed by atoms with E-state index in [4.69, 9.17) is 20.1 Å². The number of hydrogen-bond donors (Lipinski definition) is 3. The zero-order valence-corrected chi connectivity index (χ0v) is 24.5. The summed E-state index contributed by atoms with van der Waals surface area (Å²) in [5.41, 5.74) is 3.10. The van der Waals surface area contributed by atoms with Gasteiger partial charge in [0.15, 0.2) is 0 Å². The average Bonchev–Trinajstić information content (AvgIpc) is 2.94. The number of carbonyl (C=O) groups is 2. The van der Waals surface area contributed by atoms with E-state index in [2.05, 4.69) is 9.80 Å². The monoisotopic (exact) mass is 538 g/mol. The Bertz CT molecular complexity index is 956. The van der Waals surface area contributed by atoms with Gasteiger partial charge in [0.1, 0.15) is 0 Å². The minimum Gasteiger partial charge on any atom is -0.870 e. The molecule has 2 aromatic rings. The second-order valence-corrected chi connectivity index (χ2v) is 9.35. The summed E-state index contributed by atoms with van der Waals surface area (Å²) in [6.07, 6.45) is 4.04. The molecule has 9 nitrogen and oxygen atoms in total. The molecular formula is C28H39N2NaO7. The Morgan fingerprint density at radius 2 is 1.13 bits per heavy atom. The van der Waals surface area contributed by atoms with Gasteiger partial charge < -0.3 is 35.3 Å². The molecule has 0 spiro atoms. The van der Waals surface area contributed by atoms with Crippen LogP contribution in [0, 0.1) is 11.8 Å². The molecule has 2 saturated heterocycles. The summed E-state index contributed by atoms with van der Waals surface area (Å²) in [6.45, 7) is 6.54. The van der Waals surface area contributed by atoms with E-state index in [1.165, 1.54) is 0 Å². The predicted molar refractivity (Wildman–Crippen MR) is 142 cm³/mol. The van der Waals surface area contributed by atoms with E-state index >= 15 is 0 Å². The predicted octanol–water partition coefficient (Wildman–Crippen LogP) is 0.493. The van der Waals surface area contributed by atoms with Crippen LogP contribution in [0.1, 0.15) is 53.3 Å². The quantitative estimate of drug-likeness (QED) is 0.339. The fraction of sp³-hybridized carbons (Fsp3) is 0.500. The first-order valence-electron chi connectivity index (χ1n) is 12.8. The summed E-state index contributed by atoms with van der Waals surface area (Å²) < 4.78 is 4.96. The Balaban J connectivity index is 0.000000363. The van der Waals surface area contributed by atoms with Crippen LogP contribution in [0.25, 0.3) is 0 Å². The van der Waals surface area contributed by atoms with Gasteiger partial charge in [0.2, 0.25) is 0 Å². The number of aliphatic hydroxyl groups is 2. The molecule has 4 N–H and O–H groups in total. The number of piperidine rings is 2. The third-order valence-electron chi connectivity index (χ3n) is 6.97. The van der Waals surface area contributed by atoms with Crippen molar-refractivity contribution in [1.29, 1.82) is 0 Å². The topological polar surface area (TPSA) is 141 Å². The summed E-state index contributed by atoms with van der Waals surface area (Å²) in [4.78, 5) is 26.8. The second-order valence-electron chi connectivity index (χ2n) is 9.35. The number of esters is 1. The minimum atomic E-state index is -0.893. The van der Waals surface area contributed by atoms with Gasteiger partial charge in [0, 0.05) is 50.8 Å². The van der Waals surface area contributed by atoms with Gasteiger partial charge in [-0.15, -0.1) is 0 Å². The van der Waals surface area contributed by atoms with Crippen LogP contribution in [0.4, 0.5) is 11.4 Å². The zero-order chi connectivity index (χ0) is 25.9. The van der Waals surface area contributed by atoms with E-state index in [-0.39, 0.29) is 54.2 Å². The number of aliphatic hydroxyl groups excluding tert-OH is 2. The molecule has 4 rings (SSSR count). The van der Waals surface area contributed by atoms with E-state index < -0.39 is 5.97 Å². The number of rotatable bonds is 7. The Hall–Kier alpha value is -2.14. The Labute approximate surface area is 247 Å². The van der Waals surface area contributed by atoms with Gasteiger partial charge in [-0.05, 0) is 93.0 Å². The van der Waals surface area contributed by atoms with Crippen molar-refractivity contribution in [2.75, 3.05) is 55.8 Å². The van der Waals surface area contributed by atoms with Gasteiger partial charge in [-0.2, -0.15) is 0 Å². The molecule has 0 amide bonds. The number of hydrogen-bond acceptors (Lipinski definition) is 8. The molecule has 2 aliphatic heterocycles. The summed E-state index contributed by atoms with van der Waals surface area (Å²) in [7, 11) is 0. The van der Waals surface area contributed by atoms with Crippen LogP contribution >= 0.6 is 0 Å². The first-order chi connectivity index (χ1) is 17.4. The average molecular weight is 539 g/mol. The van der Waals surface area contributed by atoms with Gasteiger partial charge in [0.05, 0.1) is 17.7 Å². The number of nitrogens with zero attached hydrogens (tertiary/aromatic N) is 2. The van der Waals surface area contributed by atoms with Gasteiger partial charge >= 0.3 is 41.5 Å². The number of aromatic carboxylic acids is 1. The molecule has 0 unspecified atom stereocenters. The standard InChI is InChI=1S/C15H21NO3.C13H17NO3.Na.H2O/c1-2-19-15(18)13-3-5-14(6-4-13)16-9-7-12(11-17)8-10-16;15-9-10-5-7-14(8-6-10)12-3-1-11(2-4-12)13(16)17;;/h3-6,12,17H,2,7-11H2,1H3;1-4,10,15H,5-9H2,(H,16,17);;1H2/q;;+1;/p-1. The van der Waals surface area contributed by atoms with Crippen LogP contribution in [0.15, 0.2) is 48.5 Å². The molecular weight excluding hydrogens is 499 g/mol. The van der Waals surface area contributed by atoms with E-state index in [1.54, 1.807) is 19.1 Å². The fourth-order valence-electron chi connectivity index (χ4n) is 4.59. The Morgan fingerprint density at radius 3 is 1.45 bits per heavy atom. The van der Waals surface area contributed by atoms with Gasteiger partial charge in [-0.1, -0.05) is 0 Å². The molecule has 38 heavy (non-hydrogen) atoms. The van der Waals surface area contributed by atoms with Crippen LogP contribution in [0.2, 0.25) is 0 Å². The molecule has 0 aromatic heterocycles. The largest absolute Gasteiger partial charge is 1.00 e. The molecule has 0 bridgehead atoms. The van der Waals surface area contributed by atoms with E-state index in [0.29, 0.717) is 29.6 Å². The summed E-state index contributed by atoms with van der Waals surface area (Å²) in [5.74, 6) is -0.303.